The maximum absolute atomic E-state index is 12.0. The van der Waals surface area contributed by atoms with E-state index in [0.717, 1.165) is 6.26 Å². The molecule has 0 unspecified atom stereocenters. The summed E-state index contributed by atoms with van der Waals surface area (Å²) < 4.78 is 25.3. The normalized spacial score (nSPS) is 13.0. The summed E-state index contributed by atoms with van der Waals surface area (Å²) in [5, 5.41) is 6.00. The smallest absolute Gasteiger partial charge is 0.240 e. The number of hydrogen-bond acceptors (Lipinski definition) is 4. The van der Waals surface area contributed by atoms with Gasteiger partial charge < -0.3 is 15.5 Å². The number of nitrogens with zero attached hydrogens (tertiary/aromatic N) is 2. The number of amides is 1. The number of nitrogens with one attached hydrogen (secondary N) is 3. The number of rotatable bonds is 7. The van der Waals surface area contributed by atoms with Gasteiger partial charge >= 0.3 is 0 Å². The van der Waals surface area contributed by atoms with Crippen LogP contribution in [0.1, 0.15) is 41.5 Å². The van der Waals surface area contributed by atoms with Crippen LogP contribution in [0, 0.1) is 0 Å². The Bertz CT molecular complexity index is 556. The highest BCUT2D eigenvalue weighted by molar-refractivity contribution is 14.0. The lowest BCUT2D eigenvalue weighted by Gasteiger charge is -2.27. The Morgan fingerprint density at radius 2 is 1.68 bits per heavy atom. The molecular formula is C15H34IN5O3S. The molecule has 0 saturated carbocycles. The molecule has 8 nitrogen and oxygen atoms in total. The molecule has 25 heavy (non-hydrogen) atoms. The highest BCUT2D eigenvalue weighted by Gasteiger charge is 2.23. The Hall–Kier alpha value is -0.620. The first kappa shape index (κ1) is 26.6. The van der Waals surface area contributed by atoms with Crippen molar-refractivity contribution in [1.82, 2.24) is 20.3 Å². The van der Waals surface area contributed by atoms with E-state index in [1.165, 1.54) is 0 Å². The zero-order valence-electron chi connectivity index (χ0n) is 16.6. The van der Waals surface area contributed by atoms with E-state index in [-0.39, 0.29) is 48.5 Å². The van der Waals surface area contributed by atoms with Gasteiger partial charge in [0.2, 0.25) is 15.9 Å². The second kappa shape index (κ2) is 10.5. The summed E-state index contributed by atoms with van der Waals surface area (Å²) in [5.41, 5.74) is -1.02. The minimum atomic E-state index is -3.32. The fourth-order valence-corrected chi connectivity index (χ4v) is 3.09. The van der Waals surface area contributed by atoms with Crippen molar-refractivity contribution >= 4 is 45.9 Å². The average Bonchev–Trinajstić information content (AvgIpc) is 2.28. The molecule has 0 heterocycles. The van der Waals surface area contributed by atoms with Crippen molar-refractivity contribution in [2.75, 3.05) is 32.9 Å². The van der Waals surface area contributed by atoms with Gasteiger partial charge in [-0.05, 0) is 41.5 Å². The van der Waals surface area contributed by atoms with Crippen LogP contribution in [0.25, 0.3) is 0 Å². The van der Waals surface area contributed by atoms with Gasteiger partial charge in [-0.15, -0.1) is 24.0 Å². The Morgan fingerprint density at radius 1 is 1.16 bits per heavy atom. The number of aliphatic imine (C=N–C) groups is 1. The van der Waals surface area contributed by atoms with Crippen LogP contribution in [-0.2, 0) is 14.8 Å². The van der Waals surface area contributed by atoms with E-state index >= 15 is 0 Å². The molecule has 3 N–H and O–H groups in total. The molecule has 0 bridgehead atoms. The molecule has 0 rings (SSSR count). The predicted molar refractivity (Wildman–Crippen MR) is 114 cm³/mol. The Morgan fingerprint density at radius 3 is 2.08 bits per heavy atom. The third-order valence-corrected chi connectivity index (χ3v) is 3.60. The van der Waals surface area contributed by atoms with Gasteiger partial charge in [-0.25, -0.2) is 13.1 Å². The Balaban J connectivity index is 0. The van der Waals surface area contributed by atoms with Gasteiger partial charge in [0.1, 0.15) is 0 Å². The summed E-state index contributed by atoms with van der Waals surface area (Å²) >= 11 is 0. The van der Waals surface area contributed by atoms with Crippen LogP contribution in [0.3, 0.4) is 0 Å². The number of sulfonamides is 1. The summed E-state index contributed by atoms with van der Waals surface area (Å²) in [6.07, 6.45) is 1.12. The van der Waals surface area contributed by atoms with Gasteiger partial charge in [0.05, 0.1) is 19.3 Å². The third-order valence-electron chi connectivity index (χ3n) is 2.68. The van der Waals surface area contributed by atoms with Gasteiger partial charge in [-0.3, -0.25) is 9.79 Å². The van der Waals surface area contributed by atoms with Crippen molar-refractivity contribution < 1.29 is 13.2 Å². The molecule has 0 spiro atoms. The summed E-state index contributed by atoms with van der Waals surface area (Å²) in [5.74, 6) is 0.439. The highest BCUT2D eigenvalue weighted by Crippen LogP contribution is 2.05. The first-order chi connectivity index (χ1) is 10.7. The van der Waals surface area contributed by atoms with Gasteiger partial charge in [0.25, 0.3) is 0 Å². The van der Waals surface area contributed by atoms with E-state index < -0.39 is 15.6 Å². The van der Waals surface area contributed by atoms with E-state index in [9.17, 15) is 13.2 Å². The monoisotopic (exact) mass is 491 g/mol. The number of guanidine groups is 1. The first-order valence-electron chi connectivity index (χ1n) is 7.94. The minimum Gasteiger partial charge on any atom is -0.357 e. The Kier molecular flexibility index (Phi) is 11.2. The lowest BCUT2D eigenvalue weighted by molar-refractivity contribution is -0.122. The maximum atomic E-state index is 12.0. The fraction of sp³-hybridized carbons (Fsp3) is 0.867. The van der Waals surface area contributed by atoms with Crippen molar-refractivity contribution in [3.05, 3.63) is 0 Å². The van der Waals surface area contributed by atoms with E-state index in [0.29, 0.717) is 12.5 Å². The lowest BCUT2D eigenvalue weighted by atomic mass is 10.1. The molecule has 10 heteroatoms. The zero-order valence-corrected chi connectivity index (χ0v) is 19.7. The van der Waals surface area contributed by atoms with Crippen molar-refractivity contribution in [2.45, 2.75) is 52.6 Å². The van der Waals surface area contributed by atoms with Crippen LogP contribution in [0.4, 0.5) is 0 Å². The summed E-state index contributed by atoms with van der Waals surface area (Å²) in [4.78, 5) is 18.2. The molecule has 0 aliphatic heterocycles. The first-order valence-corrected chi connectivity index (χ1v) is 9.84. The number of likely N-dealkylation sites (N-methyl/N-ethyl adjacent to an activating group) is 1. The van der Waals surface area contributed by atoms with Crippen molar-refractivity contribution in [1.29, 1.82) is 0 Å². The van der Waals surface area contributed by atoms with Crippen LogP contribution < -0.4 is 15.4 Å². The molecule has 0 aliphatic carbocycles. The molecular weight excluding hydrogens is 457 g/mol. The van der Waals surface area contributed by atoms with Gasteiger partial charge in [-0.2, -0.15) is 0 Å². The van der Waals surface area contributed by atoms with Gasteiger partial charge in [0.15, 0.2) is 5.96 Å². The molecule has 0 aromatic carbocycles. The highest BCUT2D eigenvalue weighted by atomic mass is 127. The molecule has 0 saturated heterocycles. The van der Waals surface area contributed by atoms with Crippen molar-refractivity contribution in [2.24, 2.45) is 4.99 Å². The van der Waals surface area contributed by atoms with Crippen LogP contribution in [-0.4, -0.2) is 69.2 Å². The SMILES string of the molecule is CCNC(=NCC(C)(C)NS(C)(=O)=O)N(C)CC(=O)NC(C)(C)C.I. The molecule has 0 aliphatic rings. The van der Waals surface area contributed by atoms with Gasteiger partial charge in [-0.1, -0.05) is 0 Å². The molecule has 150 valence electrons. The second-order valence-electron chi connectivity index (χ2n) is 7.58. The minimum absolute atomic E-state index is 0. The lowest BCUT2D eigenvalue weighted by Crippen LogP contribution is -2.50. The topological polar surface area (TPSA) is 103 Å². The molecule has 0 radical (unpaired) electrons. The fourth-order valence-electron chi connectivity index (χ4n) is 2.02. The number of halogens is 1. The number of carbonyl (C=O) groups excluding carboxylic acids is 1. The summed E-state index contributed by atoms with van der Waals surface area (Å²) in [7, 11) is -1.55. The predicted octanol–water partition coefficient (Wildman–Crippen LogP) is 0.744. The van der Waals surface area contributed by atoms with Crippen LogP contribution in [0.15, 0.2) is 4.99 Å². The summed E-state index contributed by atoms with van der Waals surface area (Å²) in [6, 6.07) is 0. The van der Waals surface area contributed by atoms with Crippen molar-refractivity contribution in [3.8, 4) is 0 Å². The van der Waals surface area contributed by atoms with Gasteiger partial charge in [0, 0.05) is 24.7 Å². The van der Waals surface area contributed by atoms with Crippen LogP contribution in [0.5, 0.6) is 0 Å². The van der Waals surface area contributed by atoms with Crippen LogP contribution >= 0.6 is 24.0 Å². The van der Waals surface area contributed by atoms with E-state index in [1.807, 2.05) is 27.7 Å². The zero-order chi connectivity index (χ0) is 19.2. The number of hydrogen-bond donors (Lipinski definition) is 3. The third kappa shape index (κ3) is 14.3. The molecule has 0 atom stereocenters. The van der Waals surface area contributed by atoms with E-state index in [1.54, 1.807) is 25.8 Å². The second-order valence-corrected chi connectivity index (χ2v) is 9.33. The molecule has 0 aromatic heterocycles. The van der Waals surface area contributed by atoms with Crippen LogP contribution in [0.2, 0.25) is 0 Å². The molecule has 1 amide bonds. The molecule has 0 aromatic rings. The quantitative estimate of drug-likeness (QED) is 0.277. The van der Waals surface area contributed by atoms with E-state index in [2.05, 4.69) is 20.3 Å². The maximum Gasteiger partial charge on any atom is 0.240 e. The molecule has 0 fully saturated rings. The largest absolute Gasteiger partial charge is 0.357 e. The van der Waals surface area contributed by atoms with E-state index in [4.69, 9.17) is 0 Å². The summed E-state index contributed by atoms with van der Waals surface area (Å²) in [6.45, 7) is 12.2. The average molecular weight is 491 g/mol. The number of carbonyl (C=O) groups is 1. The van der Waals surface area contributed by atoms with Crippen molar-refractivity contribution in [3.63, 3.8) is 0 Å². The standard InChI is InChI=1S/C15H33N5O3S.HI/c1-9-16-13(17-11-15(5,6)19-24(8,22)23)20(7)10-12(21)18-14(2,3)4;/h19H,9-11H2,1-8H3,(H,16,17)(H,18,21);1H. The Labute approximate surface area is 169 Å².